The van der Waals surface area contributed by atoms with Gasteiger partial charge in [-0.1, -0.05) is 18.2 Å². The molecular weight excluding hydrogens is 346 g/mol. The summed E-state index contributed by atoms with van der Waals surface area (Å²) < 4.78 is 16.3. The Balaban J connectivity index is 1.45. The fraction of sp³-hybridized carbons (Fsp3) is 0.300. The second kappa shape index (κ2) is 7.67. The molecule has 0 radical (unpaired) electrons. The molecule has 4 rings (SSSR count). The minimum atomic E-state index is -0.285. The molecule has 0 spiro atoms. The number of benzene rings is 1. The van der Waals surface area contributed by atoms with E-state index in [1.54, 1.807) is 19.2 Å². The molecule has 0 saturated carbocycles. The maximum Gasteiger partial charge on any atom is 0.287 e. The molecule has 140 valence electrons. The van der Waals surface area contributed by atoms with E-state index in [1.807, 2.05) is 30.3 Å². The van der Waals surface area contributed by atoms with Crippen LogP contribution in [-0.2, 0) is 11.3 Å². The van der Waals surface area contributed by atoms with Crippen LogP contribution in [0.4, 0.5) is 5.82 Å². The van der Waals surface area contributed by atoms with Crippen LogP contribution in [0.1, 0.15) is 16.2 Å². The second-order valence-electron chi connectivity index (χ2n) is 6.26. The number of carbonyl (C=O) groups excluding carboxylic acids is 1. The van der Waals surface area contributed by atoms with Gasteiger partial charge in [-0.3, -0.25) is 4.79 Å². The summed E-state index contributed by atoms with van der Waals surface area (Å²) in [7, 11) is 1.57. The molecule has 0 aliphatic carbocycles. The summed E-state index contributed by atoms with van der Waals surface area (Å²) >= 11 is 0. The number of pyridine rings is 1. The average Bonchev–Trinajstić information content (AvgIpc) is 3.17. The number of methoxy groups -OCH3 is 1. The van der Waals surface area contributed by atoms with Gasteiger partial charge in [0.05, 0.1) is 32.6 Å². The van der Waals surface area contributed by atoms with Gasteiger partial charge in [-0.15, -0.1) is 0 Å². The van der Waals surface area contributed by atoms with Crippen LogP contribution < -0.4 is 15.0 Å². The molecule has 27 heavy (non-hydrogen) atoms. The van der Waals surface area contributed by atoms with Crippen molar-refractivity contribution in [2.24, 2.45) is 0 Å². The van der Waals surface area contributed by atoms with Gasteiger partial charge in [-0.2, -0.15) is 0 Å². The lowest BCUT2D eigenvalue weighted by molar-refractivity contribution is 0.0924. The lowest BCUT2D eigenvalue weighted by atomic mass is 10.2. The standard InChI is InChI=1S/C20H21N3O4/c1-25-16-6-2-4-14-12-17(27-19(14)16)20(24)21-13-15-5-3-7-18(22-15)23-8-10-26-11-9-23/h2-7,12H,8-11,13H2,1H3,(H,21,24). The summed E-state index contributed by atoms with van der Waals surface area (Å²) in [5.74, 6) is 1.47. The Hall–Kier alpha value is -3.06. The van der Waals surface area contributed by atoms with Crippen molar-refractivity contribution in [1.29, 1.82) is 0 Å². The van der Waals surface area contributed by atoms with Gasteiger partial charge in [-0.05, 0) is 24.3 Å². The summed E-state index contributed by atoms with van der Waals surface area (Å²) in [6, 6.07) is 13.1. The lowest BCUT2D eigenvalue weighted by Gasteiger charge is -2.28. The summed E-state index contributed by atoms with van der Waals surface area (Å²) in [6.45, 7) is 3.38. The number of hydrogen-bond donors (Lipinski definition) is 1. The molecule has 1 fully saturated rings. The zero-order valence-electron chi connectivity index (χ0n) is 15.1. The molecule has 1 saturated heterocycles. The number of ether oxygens (including phenoxy) is 2. The van der Waals surface area contributed by atoms with Crippen molar-refractivity contribution in [3.8, 4) is 5.75 Å². The van der Waals surface area contributed by atoms with Gasteiger partial charge in [0, 0.05) is 18.5 Å². The van der Waals surface area contributed by atoms with Gasteiger partial charge in [-0.25, -0.2) is 4.98 Å². The Morgan fingerprint density at radius 2 is 2.04 bits per heavy atom. The highest BCUT2D eigenvalue weighted by Gasteiger charge is 2.16. The van der Waals surface area contributed by atoms with Gasteiger partial charge < -0.3 is 24.1 Å². The Morgan fingerprint density at radius 3 is 2.85 bits per heavy atom. The number of para-hydroxylation sites is 1. The van der Waals surface area contributed by atoms with Gasteiger partial charge >= 0.3 is 0 Å². The Labute approximate surface area is 156 Å². The lowest BCUT2D eigenvalue weighted by Crippen LogP contribution is -2.37. The first-order valence-corrected chi connectivity index (χ1v) is 8.88. The SMILES string of the molecule is COc1cccc2cc(C(=O)NCc3cccc(N4CCOCC4)n3)oc12. The average molecular weight is 367 g/mol. The van der Waals surface area contributed by atoms with E-state index < -0.39 is 0 Å². The molecule has 1 amide bonds. The smallest absolute Gasteiger partial charge is 0.287 e. The number of aromatic nitrogens is 1. The Morgan fingerprint density at radius 1 is 1.22 bits per heavy atom. The largest absolute Gasteiger partial charge is 0.493 e. The maximum absolute atomic E-state index is 12.5. The maximum atomic E-state index is 12.5. The fourth-order valence-corrected chi connectivity index (χ4v) is 3.10. The molecule has 1 aliphatic heterocycles. The molecule has 1 N–H and O–H groups in total. The van der Waals surface area contributed by atoms with Crippen LogP contribution >= 0.6 is 0 Å². The van der Waals surface area contributed by atoms with Crippen LogP contribution in [0.2, 0.25) is 0 Å². The van der Waals surface area contributed by atoms with Crippen LogP contribution in [-0.4, -0.2) is 44.3 Å². The highest BCUT2D eigenvalue weighted by molar-refractivity contribution is 5.97. The van der Waals surface area contributed by atoms with Crippen LogP contribution in [0.3, 0.4) is 0 Å². The number of nitrogens with one attached hydrogen (secondary N) is 1. The normalized spacial score (nSPS) is 14.3. The summed E-state index contributed by atoms with van der Waals surface area (Å²) in [6.07, 6.45) is 0. The molecule has 7 heteroatoms. The predicted octanol–water partition coefficient (Wildman–Crippen LogP) is 2.60. The molecule has 3 heterocycles. The van der Waals surface area contributed by atoms with Crippen molar-refractivity contribution in [1.82, 2.24) is 10.3 Å². The highest BCUT2D eigenvalue weighted by atomic mass is 16.5. The number of amides is 1. The van der Waals surface area contributed by atoms with Crippen molar-refractivity contribution in [2.45, 2.75) is 6.54 Å². The second-order valence-corrected chi connectivity index (χ2v) is 6.26. The van der Waals surface area contributed by atoms with Crippen molar-refractivity contribution in [3.05, 3.63) is 53.9 Å². The van der Waals surface area contributed by atoms with Crippen LogP contribution in [0.15, 0.2) is 46.9 Å². The van der Waals surface area contributed by atoms with Gasteiger partial charge in [0.2, 0.25) is 0 Å². The third kappa shape index (κ3) is 3.73. The fourth-order valence-electron chi connectivity index (χ4n) is 3.10. The molecule has 3 aromatic rings. The van der Waals surface area contributed by atoms with E-state index in [1.165, 1.54) is 0 Å². The van der Waals surface area contributed by atoms with Crippen molar-refractivity contribution in [3.63, 3.8) is 0 Å². The van der Waals surface area contributed by atoms with Crippen LogP contribution in [0.5, 0.6) is 5.75 Å². The Bertz CT molecular complexity index is 947. The number of rotatable bonds is 5. The van der Waals surface area contributed by atoms with E-state index >= 15 is 0 Å². The molecule has 1 aromatic carbocycles. The third-order valence-electron chi connectivity index (χ3n) is 4.51. The molecule has 0 unspecified atom stereocenters. The summed E-state index contributed by atoms with van der Waals surface area (Å²) in [5, 5.41) is 3.69. The van der Waals surface area contributed by atoms with Gasteiger partial charge in [0.25, 0.3) is 5.91 Å². The minimum Gasteiger partial charge on any atom is -0.493 e. The minimum absolute atomic E-state index is 0.249. The summed E-state index contributed by atoms with van der Waals surface area (Å²) in [4.78, 5) is 19.3. The van der Waals surface area contributed by atoms with E-state index in [0.29, 0.717) is 31.1 Å². The van der Waals surface area contributed by atoms with Crippen LogP contribution in [0, 0.1) is 0 Å². The number of morpholine rings is 1. The van der Waals surface area contributed by atoms with Gasteiger partial charge in [0.15, 0.2) is 17.1 Å². The molecule has 2 aromatic heterocycles. The van der Waals surface area contributed by atoms with Crippen LogP contribution in [0.25, 0.3) is 11.0 Å². The van der Waals surface area contributed by atoms with E-state index in [4.69, 9.17) is 13.9 Å². The van der Waals surface area contributed by atoms with Crippen molar-refractivity contribution >= 4 is 22.7 Å². The van der Waals surface area contributed by atoms with E-state index in [-0.39, 0.29) is 11.7 Å². The first-order valence-electron chi connectivity index (χ1n) is 8.88. The summed E-state index contributed by atoms with van der Waals surface area (Å²) in [5.41, 5.74) is 1.36. The predicted molar refractivity (Wildman–Crippen MR) is 101 cm³/mol. The Kier molecular flexibility index (Phi) is 4.93. The topological polar surface area (TPSA) is 76.8 Å². The number of nitrogens with zero attached hydrogens (tertiary/aromatic N) is 2. The third-order valence-corrected chi connectivity index (χ3v) is 4.51. The van der Waals surface area contributed by atoms with E-state index in [9.17, 15) is 4.79 Å². The number of carbonyl (C=O) groups is 1. The zero-order valence-corrected chi connectivity index (χ0v) is 15.1. The molecule has 1 aliphatic rings. The number of hydrogen-bond acceptors (Lipinski definition) is 6. The molecule has 0 bridgehead atoms. The van der Waals surface area contributed by atoms with E-state index in [2.05, 4.69) is 15.2 Å². The van der Waals surface area contributed by atoms with Crippen molar-refractivity contribution < 1.29 is 18.7 Å². The first-order chi connectivity index (χ1) is 13.2. The molecule has 7 nitrogen and oxygen atoms in total. The zero-order chi connectivity index (χ0) is 18.6. The molecule has 0 atom stereocenters. The number of fused-ring (bicyclic) bond motifs is 1. The number of anilines is 1. The van der Waals surface area contributed by atoms with Crippen molar-refractivity contribution in [2.75, 3.05) is 38.3 Å². The quantitative estimate of drug-likeness (QED) is 0.747. The first kappa shape index (κ1) is 17.4. The highest BCUT2D eigenvalue weighted by Crippen LogP contribution is 2.28. The molecular formula is C20H21N3O4. The van der Waals surface area contributed by atoms with Gasteiger partial charge in [0.1, 0.15) is 5.82 Å². The monoisotopic (exact) mass is 367 g/mol. The number of furan rings is 1. The van der Waals surface area contributed by atoms with E-state index in [0.717, 1.165) is 30.0 Å².